The Labute approximate surface area is 130 Å². The molecule has 0 saturated carbocycles. The van der Waals surface area contributed by atoms with Crippen molar-refractivity contribution in [3.63, 3.8) is 0 Å². The fourth-order valence-corrected chi connectivity index (χ4v) is 2.54. The third kappa shape index (κ3) is 3.48. The van der Waals surface area contributed by atoms with Crippen molar-refractivity contribution in [3.05, 3.63) is 65.3 Å². The first kappa shape index (κ1) is 14.2. The lowest BCUT2D eigenvalue weighted by atomic mass is 10.2. The first-order chi connectivity index (χ1) is 10.7. The zero-order valence-electron chi connectivity index (χ0n) is 11.4. The average molecular weight is 313 g/mol. The van der Waals surface area contributed by atoms with Crippen LogP contribution in [0.1, 0.15) is 5.56 Å². The lowest BCUT2D eigenvalue weighted by Gasteiger charge is -1.97. The molecule has 110 valence electrons. The number of aromatic nitrogens is 1. The van der Waals surface area contributed by atoms with Crippen molar-refractivity contribution in [3.8, 4) is 17.0 Å². The Morgan fingerprint density at radius 3 is 2.86 bits per heavy atom. The van der Waals surface area contributed by atoms with Crippen LogP contribution in [0.5, 0.6) is 5.75 Å². The molecule has 0 aliphatic carbocycles. The number of nitrogens with zero attached hydrogens (tertiary/aromatic N) is 2. The molecule has 22 heavy (non-hydrogen) atoms. The molecular weight excluding hydrogens is 301 g/mol. The molecule has 0 bridgehead atoms. The Kier molecular flexibility index (Phi) is 4.11. The summed E-state index contributed by atoms with van der Waals surface area (Å²) in [6.07, 6.45) is 1.53. The van der Waals surface area contributed by atoms with Gasteiger partial charge in [-0.25, -0.2) is 9.37 Å². The maximum Gasteiger partial charge on any atom is 0.203 e. The molecule has 2 N–H and O–H groups in total. The van der Waals surface area contributed by atoms with Gasteiger partial charge in [-0.05, 0) is 29.8 Å². The van der Waals surface area contributed by atoms with E-state index in [0.29, 0.717) is 10.7 Å². The molecule has 6 heteroatoms. The summed E-state index contributed by atoms with van der Waals surface area (Å²) in [5, 5.41) is 16.0. The number of thiazole rings is 1. The summed E-state index contributed by atoms with van der Waals surface area (Å²) in [5.41, 5.74) is 5.06. The highest BCUT2D eigenvalue weighted by Crippen LogP contribution is 2.26. The quantitative estimate of drug-likeness (QED) is 0.563. The number of hydrogen-bond donors (Lipinski definition) is 2. The van der Waals surface area contributed by atoms with Crippen LogP contribution in [0.2, 0.25) is 0 Å². The summed E-state index contributed by atoms with van der Waals surface area (Å²) < 4.78 is 13.0. The van der Waals surface area contributed by atoms with E-state index in [0.717, 1.165) is 11.3 Å². The lowest BCUT2D eigenvalue weighted by molar-refractivity contribution is 0.475. The van der Waals surface area contributed by atoms with Gasteiger partial charge >= 0.3 is 0 Å². The molecule has 3 rings (SSSR count). The van der Waals surface area contributed by atoms with Gasteiger partial charge in [0.15, 0.2) is 0 Å². The van der Waals surface area contributed by atoms with Crippen LogP contribution in [0.15, 0.2) is 59.0 Å². The second-order valence-electron chi connectivity index (χ2n) is 4.51. The highest BCUT2D eigenvalue weighted by Gasteiger charge is 2.04. The van der Waals surface area contributed by atoms with Crippen molar-refractivity contribution in [2.45, 2.75) is 0 Å². The molecule has 0 aliphatic heterocycles. The molecule has 0 saturated heterocycles. The number of aromatic hydroxyl groups is 1. The van der Waals surface area contributed by atoms with Gasteiger partial charge in [-0.3, -0.25) is 5.43 Å². The summed E-state index contributed by atoms with van der Waals surface area (Å²) in [6, 6.07) is 13.0. The number of phenols is 1. The van der Waals surface area contributed by atoms with Crippen molar-refractivity contribution >= 4 is 22.7 Å². The van der Waals surface area contributed by atoms with E-state index in [-0.39, 0.29) is 11.6 Å². The summed E-state index contributed by atoms with van der Waals surface area (Å²) >= 11 is 1.40. The van der Waals surface area contributed by atoms with Gasteiger partial charge in [-0.15, -0.1) is 11.3 Å². The zero-order chi connectivity index (χ0) is 15.4. The second-order valence-corrected chi connectivity index (χ2v) is 5.37. The number of nitrogens with one attached hydrogen (secondary N) is 1. The molecule has 0 amide bonds. The van der Waals surface area contributed by atoms with Gasteiger partial charge in [0, 0.05) is 10.9 Å². The minimum atomic E-state index is -0.302. The zero-order valence-corrected chi connectivity index (χ0v) is 12.2. The predicted molar refractivity (Wildman–Crippen MR) is 86.8 cm³/mol. The Balaban J connectivity index is 1.69. The average Bonchev–Trinajstić information content (AvgIpc) is 2.96. The number of phenolic OH excluding ortho intramolecular Hbond substituents is 1. The molecule has 1 aromatic heterocycles. The van der Waals surface area contributed by atoms with E-state index in [2.05, 4.69) is 15.5 Å². The maximum atomic E-state index is 13.0. The van der Waals surface area contributed by atoms with E-state index in [1.54, 1.807) is 30.3 Å². The maximum absolute atomic E-state index is 13.0. The molecule has 0 aliphatic rings. The van der Waals surface area contributed by atoms with Crippen LogP contribution in [-0.2, 0) is 0 Å². The largest absolute Gasteiger partial charge is 0.508 e. The molecule has 0 spiro atoms. The van der Waals surface area contributed by atoms with Crippen LogP contribution in [0.3, 0.4) is 0 Å². The predicted octanol–water partition coefficient (Wildman–Crippen LogP) is 4.10. The molecule has 0 unspecified atom stereocenters. The first-order valence-electron chi connectivity index (χ1n) is 6.50. The molecule has 0 fully saturated rings. The van der Waals surface area contributed by atoms with Gasteiger partial charge in [-0.1, -0.05) is 24.3 Å². The Morgan fingerprint density at radius 2 is 2.05 bits per heavy atom. The topological polar surface area (TPSA) is 57.5 Å². The SMILES string of the molecule is Oc1cccc(-c2csc(N/N=C\c3cccc(F)c3)n2)c1. The number of hydrogen-bond acceptors (Lipinski definition) is 5. The van der Waals surface area contributed by atoms with Crippen LogP contribution in [-0.4, -0.2) is 16.3 Å². The number of rotatable bonds is 4. The molecule has 2 aromatic carbocycles. The summed E-state index contributed by atoms with van der Waals surface area (Å²) in [6.45, 7) is 0. The Morgan fingerprint density at radius 1 is 1.18 bits per heavy atom. The number of benzene rings is 2. The number of anilines is 1. The summed E-state index contributed by atoms with van der Waals surface area (Å²) in [5.74, 6) is -0.103. The summed E-state index contributed by atoms with van der Waals surface area (Å²) in [7, 11) is 0. The first-order valence-corrected chi connectivity index (χ1v) is 7.38. The van der Waals surface area contributed by atoms with Crippen LogP contribution in [0, 0.1) is 5.82 Å². The van der Waals surface area contributed by atoms with E-state index in [1.807, 2.05) is 11.4 Å². The van der Waals surface area contributed by atoms with Crippen molar-refractivity contribution in [2.75, 3.05) is 5.43 Å². The molecule has 0 atom stereocenters. The fraction of sp³-hybridized carbons (Fsp3) is 0. The second kappa shape index (κ2) is 6.36. The van der Waals surface area contributed by atoms with Crippen LogP contribution in [0.25, 0.3) is 11.3 Å². The van der Waals surface area contributed by atoms with Gasteiger partial charge in [0.25, 0.3) is 0 Å². The van der Waals surface area contributed by atoms with Gasteiger partial charge in [0.05, 0.1) is 11.9 Å². The smallest absolute Gasteiger partial charge is 0.203 e. The molecule has 4 nitrogen and oxygen atoms in total. The van der Waals surface area contributed by atoms with Crippen molar-refractivity contribution < 1.29 is 9.50 Å². The van der Waals surface area contributed by atoms with Gasteiger partial charge < -0.3 is 5.11 Å². The van der Waals surface area contributed by atoms with E-state index in [9.17, 15) is 9.50 Å². The summed E-state index contributed by atoms with van der Waals surface area (Å²) in [4.78, 5) is 4.38. The third-order valence-electron chi connectivity index (χ3n) is 2.87. The third-order valence-corrected chi connectivity index (χ3v) is 3.62. The van der Waals surface area contributed by atoms with Crippen LogP contribution >= 0.6 is 11.3 Å². The number of halogens is 1. The molecule has 0 radical (unpaired) electrons. The minimum Gasteiger partial charge on any atom is -0.508 e. The Hall–Kier alpha value is -2.73. The highest BCUT2D eigenvalue weighted by molar-refractivity contribution is 7.14. The van der Waals surface area contributed by atoms with Crippen molar-refractivity contribution in [2.24, 2.45) is 5.10 Å². The minimum absolute atomic E-state index is 0.198. The standard InChI is InChI=1S/C16H12FN3OS/c17-13-5-1-3-11(7-13)9-18-20-16-19-15(10-22-16)12-4-2-6-14(21)8-12/h1-10,21H,(H,19,20)/b18-9-. The van der Waals surface area contributed by atoms with Crippen molar-refractivity contribution in [1.82, 2.24) is 4.98 Å². The highest BCUT2D eigenvalue weighted by atomic mass is 32.1. The van der Waals surface area contributed by atoms with E-state index < -0.39 is 0 Å². The molecule has 3 aromatic rings. The van der Waals surface area contributed by atoms with Crippen LogP contribution in [0.4, 0.5) is 9.52 Å². The van der Waals surface area contributed by atoms with E-state index >= 15 is 0 Å². The molecule has 1 heterocycles. The van der Waals surface area contributed by atoms with E-state index in [1.165, 1.54) is 29.7 Å². The van der Waals surface area contributed by atoms with E-state index in [4.69, 9.17) is 0 Å². The normalized spacial score (nSPS) is 11.0. The Bertz CT molecular complexity index is 816. The van der Waals surface area contributed by atoms with Crippen LogP contribution < -0.4 is 5.43 Å². The van der Waals surface area contributed by atoms with Gasteiger partial charge in [0.2, 0.25) is 5.13 Å². The lowest BCUT2D eigenvalue weighted by Crippen LogP contribution is -1.90. The monoisotopic (exact) mass is 313 g/mol. The molecular formula is C16H12FN3OS. The van der Waals surface area contributed by atoms with Gasteiger partial charge in [0.1, 0.15) is 11.6 Å². The van der Waals surface area contributed by atoms with Crippen molar-refractivity contribution in [1.29, 1.82) is 0 Å². The van der Waals surface area contributed by atoms with Gasteiger partial charge in [-0.2, -0.15) is 5.10 Å². The number of hydrazone groups is 1. The fourth-order valence-electron chi connectivity index (χ4n) is 1.87.